The van der Waals surface area contributed by atoms with Crippen molar-refractivity contribution in [3.63, 3.8) is 0 Å². The smallest absolute Gasteiger partial charge is 0.188 e. The molecule has 5 nitrogen and oxygen atoms in total. The van der Waals surface area contributed by atoms with Crippen LogP contribution in [0.1, 0.15) is 15.6 Å². The fraction of sp³-hybridized carbons (Fsp3) is 0.375. The van der Waals surface area contributed by atoms with E-state index in [1.165, 1.54) is 9.75 Å². The van der Waals surface area contributed by atoms with Crippen LogP contribution in [0.3, 0.4) is 0 Å². The summed E-state index contributed by atoms with van der Waals surface area (Å²) in [5.41, 5.74) is 0. The Morgan fingerprint density at radius 3 is 3.00 bits per heavy atom. The van der Waals surface area contributed by atoms with Gasteiger partial charge in [-0.2, -0.15) is 5.21 Å². The number of aromatic amines is 1. The van der Waals surface area contributed by atoms with Gasteiger partial charge >= 0.3 is 0 Å². The maximum Gasteiger partial charge on any atom is 0.188 e. The Kier molecular flexibility index (Phi) is 2.85. The molecule has 0 radical (unpaired) electrons. The van der Waals surface area contributed by atoms with Gasteiger partial charge in [0.25, 0.3) is 0 Å². The number of hydrogen-bond acceptors (Lipinski definition) is 5. The Hall–Kier alpha value is -1.27. The molecule has 2 rings (SSSR count). The third-order valence-corrected chi connectivity index (χ3v) is 2.77. The van der Waals surface area contributed by atoms with Crippen molar-refractivity contribution in [1.29, 1.82) is 0 Å². The van der Waals surface area contributed by atoms with Crippen LogP contribution in [-0.2, 0) is 13.1 Å². The second-order valence-corrected chi connectivity index (χ2v) is 4.32. The number of rotatable bonds is 4. The molecule has 0 aliphatic heterocycles. The topological polar surface area (TPSA) is 66.5 Å². The molecule has 0 aromatic carbocycles. The fourth-order valence-corrected chi connectivity index (χ4v) is 1.99. The SMILES string of the molecule is Cc1ccc(CNCc2nn[nH]n2)s1. The van der Waals surface area contributed by atoms with Gasteiger partial charge in [0.2, 0.25) is 0 Å². The summed E-state index contributed by atoms with van der Waals surface area (Å²) in [5, 5.41) is 16.8. The van der Waals surface area contributed by atoms with Gasteiger partial charge < -0.3 is 5.32 Å². The van der Waals surface area contributed by atoms with E-state index in [1.54, 1.807) is 11.3 Å². The van der Waals surface area contributed by atoms with E-state index < -0.39 is 0 Å². The summed E-state index contributed by atoms with van der Waals surface area (Å²) in [6.07, 6.45) is 0. The van der Waals surface area contributed by atoms with Crippen molar-refractivity contribution in [2.24, 2.45) is 0 Å². The van der Waals surface area contributed by atoms with Crippen molar-refractivity contribution in [3.05, 3.63) is 27.7 Å². The quantitative estimate of drug-likeness (QED) is 0.783. The number of thiophene rings is 1. The summed E-state index contributed by atoms with van der Waals surface area (Å²) in [7, 11) is 0. The van der Waals surface area contributed by atoms with E-state index in [4.69, 9.17) is 0 Å². The first-order valence-corrected chi connectivity index (χ1v) is 5.14. The van der Waals surface area contributed by atoms with E-state index in [-0.39, 0.29) is 0 Å². The minimum atomic E-state index is 0.646. The van der Waals surface area contributed by atoms with Crippen LogP contribution in [0, 0.1) is 6.92 Å². The molecule has 74 valence electrons. The van der Waals surface area contributed by atoms with Crippen molar-refractivity contribution in [2.75, 3.05) is 0 Å². The lowest BCUT2D eigenvalue weighted by Crippen LogP contribution is -2.12. The van der Waals surface area contributed by atoms with E-state index in [0.717, 1.165) is 6.54 Å². The van der Waals surface area contributed by atoms with Crippen molar-refractivity contribution in [1.82, 2.24) is 25.9 Å². The molecule has 0 spiro atoms. The highest BCUT2D eigenvalue weighted by molar-refractivity contribution is 7.11. The van der Waals surface area contributed by atoms with Crippen LogP contribution in [0.25, 0.3) is 0 Å². The van der Waals surface area contributed by atoms with Gasteiger partial charge in [-0.1, -0.05) is 5.21 Å². The molecule has 0 fully saturated rings. The Morgan fingerprint density at radius 1 is 1.43 bits per heavy atom. The first kappa shape index (κ1) is 9.29. The largest absolute Gasteiger partial charge is 0.305 e. The zero-order valence-corrected chi connectivity index (χ0v) is 8.64. The maximum atomic E-state index is 3.85. The van der Waals surface area contributed by atoms with Crippen LogP contribution in [0.2, 0.25) is 0 Å². The van der Waals surface area contributed by atoms with E-state index in [9.17, 15) is 0 Å². The molecule has 0 unspecified atom stereocenters. The van der Waals surface area contributed by atoms with E-state index in [0.29, 0.717) is 12.4 Å². The number of H-pyrrole nitrogens is 1. The van der Waals surface area contributed by atoms with E-state index in [2.05, 4.69) is 45.0 Å². The molecule has 2 aromatic rings. The minimum Gasteiger partial charge on any atom is -0.305 e. The number of nitrogens with zero attached hydrogens (tertiary/aromatic N) is 3. The number of aryl methyl sites for hydroxylation is 1. The van der Waals surface area contributed by atoms with Crippen LogP contribution in [-0.4, -0.2) is 20.6 Å². The molecule has 6 heteroatoms. The van der Waals surface area contributed by atoms with Crippen LogP contribution < -0.4 is 5.32 Å². The Morgan fingerprint density at radius 2 is 2.36 bits per heavy atom. The second kappa shape index (κ2) is 4.30. The van der Waals surface area contributed by atoms with Gasteiger partial charge in [0.15, 0.2) is 5.82 Å². The van der Waals surface area contributed by atoms with Crippen LogP contribution >= 0.6 is 11.3 Å². The minimum absolute atomic E-state index is 0.646. The summed E-state index contributed by atoms with van der Waals surface area (Å²) in [5.74, 6) is 0.693. The zero-order valence-electron chi connectivity index (χ0n) is 7.82. The maximum absolute atomic E-state index is 3.85. The first-order chi connectivity index (χ1) is 6.84. The summed E-state index contributed by atoms with van der Waals surface area (Å²) in [4.78, 5) is 2.66. The third kappa shape index (κ3) is 2.36. The van der Waals surface area contributed by atoms with Gasteiger partial charge in [0, 0.05) is 16.3 Å². The van der Waals surface area contributed by atoms with Crippen LogP contribution in [0.5, 0.6) is 0 Å². The van der Waals surface area contributed by atoms with Crippen LogP contribution in [0.15, 0.2) is 12.1 Å². The first-order valence-electron chi connectivity index (χ1n) is 4.33. The molecular formula is C8H11N5S. The highest BCUT2D eigenvalue weighted by atomic mass is 32.1. The highest BCUT2D eigenvalue weighted by Gasteiger charge is 1.98. The lowest BCUT2D eigenvalue weighted by Gasteiger charge is -1.97. The summed E-state index contributed by atoms with van der Waals surface area (Å²) >= 11 is 1.80. The average molecular weight is 209 g/mol. The molecule has 0 aliphatic rings. The lowest BCUT2D eigenvalue weighted by atomic mass is 10.4. The molecule has 2 aromatic heterocycles. The normalized spacial score (nSPS) is 10.6. The predicted molar refractivity (Wildman–Crippen MR) is 53.8 cm³/mol. The number of nitrogens with one attached hydrogen (secondary N) is 2. The molecule has 0 aliphatic carbocycles. The van der Waals surface area contributed by atoms with Gasteiger partial charge in [-0.25, -0.2) is 0 Å². The van der Waals surface area contributed by atoms with Gasteiger partial charge in [-0.05, 0) is 19.1 Å². The van der Waals surface area contributed by atoms with Crippen molar-refractivity contribution >= 4 is 11.3 Å². The second-order valence-electron chi connectivity index (χ2n) is 2.94. The molecule has 14 heavy (non-hydrogen) atoms. The molecule has 0 saturated carbocycles. The Balaban J connectivity index is 1.78. The Labute approximate surface area is 85.5 Å². The summed E-state index contributed by atoms with van der Waals surface area (Å²) in [6, 6.07) is 4.25. The van der Waals surface area contributed by atoms with E-state index in [1.807, 2.05) is 0 Å². The van der Waals surface area contributed by atoms with Crippen molar-refractivity contribution < 1.29 is 0 Å². The molecule has 0 saturated heterocycles. The highest BCUT2D eigenvalue weighted by Crippen LogP contribution is 2.14. The van der Waals surface area contributed by atoms with Crippen molar-refractivity contribution in [2.45, 2.75) is 20.0 Å². The van der Waals surface area contributed by atoms with Gasteiger partial charge in [0.1, 0.15) is 0 Å². The molecule has 2 heterocycles. The molecule has 0 amide bonds. The van der Waals surface area contributed by atoms with Crippen molar-refractivity contribution in [3.8, 4) is 0 Å². The van der Waals surface area contributed by atoms with Crippen LogP contribution in [0.4, 0.5) is 0 Å². The average Bonchev–Trinajstić information content (AvgIpc) is 2.77. The number of aromatic nitrogens is 4. The third-order valence-electron chi connectivity index (χ3n) is 1.77. The Bertz CT molecular complexity index is 380. The monoisotopic (exact) mass is 209 g/mol. The van der Waals surface area contributed by atoms with E-state index >= 15 is 0 Å². The zero-order chi connectivity index (χ0) is 9.80. The molecular weight excluding hydrogens is 198 g/mol. The molecule has 0 atom stereocenters. The predicted octanol–water partition coefficient (Wildman–Crippen LogP) is 0.859. The summed E-state index contributed by atoms with van der Waals surface area (Å²) < 4.78 is 0. The number of tetrazole rings is 1. The summed E-state index contributed by atoms with van der Waals surface area (Å²) in [6.45, 7) is 3.61. The lowest BCUT2D eigenvalue weighted by molar-refractivity contribution is 0.669. The number of hydrogen-bond donors (Lipinski definition) is 2. The van der Waals surface area contributed by atoms with Gasteiger partial charge in [-0.15, -0.1) is 21.5 Å². The standard InChI is InChI=1S/C8H11N5S/c1-6-2-3-7(14-6)4-9-5-8-10-12-13-11-8/h2-3,9H,4-5H2,1H3,(H,10,11,12,13). The van der Waals surface area contributed by atoms with Gasteiger partial charge in [-0.3, -0.25) is 0 Å². The molecule has 2 N–H and O–H groups in total. The molecule has 0 bridgehead atoms. The fourth-order valence-electron chi connectivity index (χ4n) is 1.14. The van der Waals surface area contributed by atoms with Gasteiger partial charge in [0.05, 0.1) is 6.54 Å².